The first kappa shape index (κ1) is 16.3. The van der Waals surface area contributed by atoms with Crippen LogP contribution in [0.4, 0.5) is 0 Å². The van der Waals surface area contributed by atoms with Crippen LogP contribution in [0.15, 0.2) is 18.2 Å². The number of morpholine rings is 1. The minimum Gasteiger partial charge on any atom is -0.369 e. The lowest BCUT2D eigenvalue weighted by Crippen LogP contribution is -2.53. The van der Waals surface area contributed by atoms with Gasteiger partial charge in [0.1, 0.15) is 0 Å². The second kappa shape index (κ2) is 5.95. The Labute approximate surface area is 132 Å². The van der Waals surface area contributed by atoms with Gasteiger partial charge in [0.05, 0.1) is 11.7 Å². The lowest BCUT2D eigenvalue weighted by atomic mass is 10.0. The van der Waals surface area contributed by atoms with Crippen LogP contribution in [-0.4, -0.2) is 35.6 Å². The molecule has 1 atom stereocenters. The molecule has 5 heteroatoms. The van der Waals surface area contributed by atoms with E-state index in [4.69, 9.17) is 4.74 Å². The first-order chi connectivity index (χ1) is 9.44. The normalized spacial score (nSPS) is 23.4. The van der Waals surface area contributed by atoms with Crippen molar-refractivity contribution in [1.29, 1.82) is 0 Å². The fourth-order valence-corrected chi connectivity index (χ4v) is 3.22. The molecule has 1 saturated heterocycles. The molecule has 1 fully saturated rings. The van der Waals surface area contributed by atoms with Gasteiger partial charge in [0.2, 0.25) is 0 Å². The van der Waals surface area contributed by atoms with Gasteiger partial charge in [-0.15, -0.1) is 12.4 Å². The number of hydrogen-bond acceptors (Lipinski definition) is 3. The molecule has 1 aromatic carbocycles. The van der Waals surface area contributed by atoms with E-state index >= 15 is 0 Å². The SMILES string of the molecule is CC1CN(C(=O)c2ccc3c(c2)CNC3)CC(C)(C)O1.Cl. The zero-order chi connectivity index (χ0) is 14.3. The molecular formula is C16H23ClN2O2. The lowest BCUT2D eigenvalue weighted by molar-refractivity contribution is -0.118. The smallest absolute Gasteiger partial charge is 0.254 e. The highest BCUT2D eigenvalue weighted by atomic mass is 35.5. The van der Waals surface area contributed by atoms with Gasteiger partial charge in [0.15, 0.2) is 0 Å². The van der Waals surface area contributed by atoms with E-state index in [1.54, 1.807) is 0 Å². The van der Waals surface area contributed by atoms with Gasteiger partial charge in [-0.3, -0.25) is 4.79 Å². The molecule has 2 heterocycles. The molecule has 2 aliphatic heterocycles. The van der Waals surface area contributed by atoms with Gasteiger partial charge in [-0.2, -0.15) is 0 Å². The van der Waals surface area contributed by atoms with E-state index in [0.717, 1.165) is 18.7 Å². The molecule has 0 spiro atoms. The Morgan fingerprint density at radius 2 is 2.05 bits per heavy atom. The Morgan fingerprint density at radius 1 is 1.33 bits per heavy atom. The standard InChI is InChI=1S/C16H22N2O2.ClH/c1-11-9-18(10-16(2,3)20-11)15(19)12-4-5-13-7-17-8-14(13)6-12;/h4-6,11,17H,7-10H2,1-3H3;1H. The molecule has 3 rings (SSSR count). The van der Waals surface area contributed by atoms with E-state index in [-0.39, 0.29) is 30.0 Å². The molecule has 0 radical (unpaired) electrons. The number of amides is 1. The molecule has 0 saturated carbocycles. The summed E-state index contributed by atoms with van der Waals surface area (Å²) in [6, 6.07) is 6.05. The molecule has 2 aliphatic rings. The number of carbonyl (C=O) groups excluding carboxylic acids is 1. The summed E-state index contributed by atoms with van der Waals surface area (Å²) in [6.07, 6.45) is 0.0822. The maximum Gasteiger partial charge on any atom is 0.254 e. The first-order valence-electron chi connectivity index (χ1n) is 7.24. The summed E-state index contributed by atoms with van der Waals surface area (Å²) in [5.41, 5.74) is 3.07. The van der Waals surface area contributed by atoms with Crippen molar-refractivity contribution >= 4 is 18.3 Å². The summed E-state index contributed by atoms with van der Waals surface area (Å²) in [6.45, 7) is 9.18. The molecule has 0 bridgehead atoms. The van der Waals surface area contributed by atoms with Crippen LogP contribution in [-0.2, 0) is 17.8 Å². The Morgan fingerprint density at radius 3 is 2.76 bits per heavy atom. The number of rotatable bonds is 1. The summed E-state index contributed by atoms with van der Waals surface area (Å²) >= 11 is 0. The van der Waals surface area contributed by atoms with E-state index in [2.05, 4.69) is 11.4 Å². The minimum atomic E-state index is -0.272. The maximum atomic E-state index is 12.7. The number of ether oxygens (including phenoxy) is 1. The van der Waals surface area contributed by atoms with Crippen LogP contribution < -0.4 is 5.32 Å². The highest BCUT2D eigenvalue weighted by Crippen LogP contribution is 2.24. The predicted molar refractivity (Wildman–Crippen MR) is 84.8 cm³/mol. The molecule has 1 unspecified atom stereocenters. The average Bonchev–Trinajstić information content (AvgIpc) is 2.82. The van der Waals surface area contributed by atoms with Crippen molar-refractivity contribution in [1.82, 2.24) is 10.2 Å². The van der Waals surface area contributed by atoms with E-state index < -0.39 is 0 Å². The summed E-state index contributed by atoms with van der Waals surface area (Å²) in [7, 11) is 0. The zero-order valence-electron chi connectivity index (χ0n) is 12.8. The van der Waals surface area contributed by atoms with Crippen molar-refractivity contribution in [3.05, 3.63) is 34.9 Å². The summed E-state index contributed by atoms with van der Waals surface area (Å²) in [4.78, 5) is 14.6. The van der Waals surface area contributed by atoms with Gasteiger partial charge in [-0.25, -0.2) is 0 Å². The van der Waals surface area contributed by atoms with E-state index in [1.807, 2.05) is 37.8 Å². The fraction of sp³-hybridized carbons (Fsp3) is 0.562. The molecule has 4 nitrogen and oxygen atoms in total. The fourth-order valence-electron chi connectivity index (χ4n) is 3.22. The zero-order valence-corrected chi connectivity index (χ0v) is 13.6. The second-order valence-corrected chi connectivity index (χ2v) is 6.46. The number of hydrogen-bond donors (Lipinski definition) is 1. The van der Waals surface area contributed by atoms with Crippen molar-refractivity contribution in [2.24, 2.45) is 0 Å². The Bertz CT molecular complexity index is 545. The van der Waals surface area contributed by atoms with Crippen molar-refractivity contribution in [2.45, 2.75) is 45.6 Å². The molecule has 21 heavy (non-hydrogen) atoms. The van der Waals surface area contributed by atoms with Crippen molar-refractivity contribution in [2.75, 3.05) is 13.1 Å². The van der Waals surface area contributed by atoms with Gasteiger partial charge < -0.3 is 15.0 Å². The number of fused-ring (bicyclic) bond motifs is 1. The van der Waals surface area contributed by atoms with Gasteiger partial charge in [-0.05, 0) is 44.0 Å². The Hall–Kier alpha value is -1.10. The van der Waals surface area contributed by atoms with Crippen LogP contribution in [0.3, 0.4) is 0 Å². The largest absolute Gasteiger partial charge is 0.369 e. The molecule has 0 aromatic heterocycles. The van der Waals surface area contributed by atoms with Crippen LogP contribution in [0.5, 0.6) is 0 Å². The third kappa shape index (κ3) is 3.39. The molecule has 1 N–H and O–H groups in total. The van der Waals surface area contributed by atoms with Gasteiger partial charge in [-0.1, -0.05) is 6.07 Å². The van der Waals surface area contributed by atoms with Gasteiger partial charge in [0.25, 0.3) is 5.91 Å². The monoisotopic (exact) mass is 310 g/mol. The number of benzene rings is 1. The van der Waals surface area contributed by atoms with Crippen molar-refractivity contribution in [3.63, 3.8) is 0 Å². The predicted octanol–water partition coefficient (Wildman–Crippen LogP) is 2.35. The van der Waals surface area contributed by atoms with Crippen molar-refractivity contribution in [3.8, 4) is 0 Å². The molecule has 116 valence electrons. The molecule has 1 aromatic rings. The van der Waals surface area contributed by atoms with Crippen molar-refractivity contribution < 1.29 is 9.53 Å². The highest BCUT2D eigenvalue weighted by Gasteiger charge is 2.34. The number of halogens is 1. The van der Waals surface area contributed by atoms with Crippen LogP contribution in [0.25, 0.3) is 0 Å². The number of nitrogens with zero attached hydrogens (tertiary/aromatic N) is 1. The van der Waals surface area contributed by atoms with Crippen LogP contribution in [0.2, 0.25) is 0 Å². The third-order valence-electron chi connectivity index (χ3n) is 3.94. The molecular weight excluding hydrogens is 288 g/mol. The van der Waals surface area contributed by atoms with Gasteiger partial charge in [0, 0.05) is 31.7 Å². The lowest BCUT2D eigenvalue weighted by Gasteiger charge is -2.41. The average molecular weight is 311 g/mol. The molecule has 1 amide bonds. The summed E-state index contributed by atoms with van der Waals surface area (Å²) in [5, 5.41) is 3.31. The van der Waals surface area contributed by atoms with E-state index in [9.17, 15) is 4.79 Å². The quantitative estimate of drug-likeness (QED) is 0.866. The number of carbonyl (C=O) groups is 1. The van der Waals surface area contributed by atoms with Crippen LogP contribution in [0.1, 0.15) is 42.3 Å². The topological polar surface area (TPSA) is 41.6 Å². The Balaban J connectivity index is 0.00000161. The van der Waals surface area contributed by atoms with Gasteiger partial charge >= 0.3 is 0 Å². The minimum absolute atomic E-state index is 0. The second-order valence-electron chi connectivity index (χ2n) is 6.46. The highest BCUT2D eigenvalue weighted by molar-refractivity contribution is 5.94. The van der Waals surface area contributed by atoms with E-state index in [0.29, 0.717) is 13.1 Å². The van der Waals surface area contributed by atoms with Crippen LogP contribution in [0, 0.1) is 0 Å². The third-order valence-corrected chi connectivity index (χ3v) is 3.94. The van der Waals surface area contributed by atoms with Crippen LogP contribution >= 0.6 is 12.4 Å². The number of nitrogens with one attached hydrogen (secondary N) is 1. The Kier molecular flexibility index (Phi) is 4.61. The summed E-state index contributed by atoms with van der Waals surface area (Å²) in [5.74, 6) is 0.114. The first-order valence-corrected chi connectivity index (χ1v) is 7.24. The van der Waals surface area contributed by atoms with E-state index in [1.165, 1.54) is 11.1 Å². The maximum absolute atomic E-state index is 12.7. The molecule has 0 aliphatic carbocycles. The summed E-state index contributed by atoms with van der Waals surface area (Å²) < 4.78 is 5.86.